The molecule has 0 spiro atoms. The van der Waals surface area contributed by atoms with Crippen molar-refractivity contribution in [2.75, 3.05) is 4.90 Å². The minimum Gasteiger partial charge on any atom is -0.274 e. The van der Waals surface area contributed by atoms with Crippen LogP contribution in [0.25, 0.3) is 0 Å². The van der Waals surface area contributed by atoms with E-state index in [1.54, 1.807) is 36.4 Å². The molecule has 4 fully saturated rings. The van der Waals surface area contributed by atoms with E-state index in [1.165, 1.54) is 15.3 Å². The molecule has 2 saturated carbocycles. The number of imide groups is 1. The highest BCUT2D eigenvalue weighted by Crippen LogP contribution is 2.66. The second-order valence-corrected chi connectivity index (χ2v) is 11.5. The minimum atomic E-state index is -3.64. The molecule has 6 rings (SSSR count). The second-order valence-electron chi connectivity index (χ2n) is 8.85. The molecule has 2 amide bonds. The van der Waals surface area contributed by atoms with Crippen LogP contribution in [0, 0.1) is 30.6 Å². The van der Waals surface area contributed by atoms with Gasteiger partial charge in [0.1, 0.15) is 0 Å². The number of halogens is 2. The lowest BCUT2D eigenvalue weighted by Crippen LogP contribution is -2.34. The molecule has 2 aromatic rings. The molecular formula is C22H18Cl2N2O4S. The van der Waals surface area contributed by atoms with Gasteiger partial charge >= 0.3 is 0 Å². The van der Waals surface area contributed by atoms with Crippen LogP contribution < -0.4 is 4.90 Å². The molecule has 0 aromatic heterocycles. The Morgan fingerprint density at radius 3 is 2.00 bits per heavy atom. The molecule has 2 saturated heterocycles. The van der Waals surface area contributed by atoms with E-state index in [0.29, 0.717) is 10.7 Å². The predicted molar refractivity (Wildman–Crippen MR) is 115 cm³/mol. The highest BCUT2D eigenvalue weighted by molar-refractivity contribution is 7.89. The molecule has 2 aliphatic heterocycles. The number of sulfonamides is 1. The third-order valence-corrected chi connectivity index (χ3v) is 10.00. The Labute approximate surface area is 189 Å². The highest BCUT2D eigenvalue weighted by Gasteiger charge is 2.78. The first-order valence-corrected chi connectivity index (χ1v) is 12.3. The summed E-state index contributed by atoms with van der Waals surface area (Å²) in [7, 11) is -3.64. The summed E-state index contributed by atoms with van der Waals surface area (Å²) in [4.78, 5) is 28.0. The maximum absolute atomic E-state index is 13.3. The van der Waals surface area contributed by atoms with Crippen LogP contribution in [0.1, 0.15) is 12.0 Å². The van der Waals surface area contributed by atoms with Gasteiger partial charge in [-0.1, -0.05) is 40.9 Å². The van der Waals surface area contributed by atoms with Gasteiger partial charge in [0.2, 0.25) is 21.8 Å². The molecular weight excluding hydrogens is 459 g/mol. The summed E-state index contributed by atoms with van der Waals surface area (Å²) in [5.74, 6) is -1.76. The molecule has 31 heavy (non-hydrogen) atoms. The SMILES string of the molecule is Cc1ccc(S(=O)(=O)N2[C@@H]3[C@@H]4C[C@@H]([C@@H]5C(=O)N(c6ccc(Cl)c(Cl)c6)C(=O)[C@H]45)[C@@H]32)cc1. The number of benzene rings is 2. The number of nitrogens with zero attached hydrogens (tertiary/aromatic N) is 2. The lowest BCUT2D eigenvalue weighted by molar-refractivity contribution is -0.123. The van der Waals surface area contributed by atoms with Gasteiger partial charge in [0, 0.05) is 12.1 Å². The van der Waals surface area contributed by atoms with Crippen molar-refractivity contribution < 1.29 is 18.0 Å². The van der Waals surface area contributed by atoms with Crippen LogP contribution in [0.3, 0.4) is 0 Å². The average molecular weight is 477 g/mol. The molecule has 4 aliphatic rings. The Morgan fingerprint density at radius 1 is 0.871 bits per heavy atom. The molecule has 2 aliphatic carbocycles. The predicted octanol–water partition coefficient (Wildman–Crippen LogP) is 3.50. The van der Waals surface area contributed by atoms with Crippen molar-refractivity contribution in [1.29, 1.82) is 0 Å². The van der Waals surface area contributed by atoms with Gasteiger partial charge in [-0.3, -0.25) is 9.59 Å². The van der Waals surface area contributed by atoms with E-state index in [0.717, 1.165) is 12.0 Å². The summed E-state index contributed by atoms with van der Waals surface area (Å²) < 4.78 is 27.9. The van der Waals surface area contributed by atoms with Gasteiger partial charge in [0.25, 0.3) is 0 Å². The first-order valence-electron chi connectivity index (χ1n) is 10.1. The van der Waals surface area contributed by atoms with Gasteiger partial charge in [-0.05, 0) is 55.5 Å². The van der Waals surface area contributed by atoms with Crippen LogP contribution in [0.4, 0.5) is 5.69 Å². The molecule has 0 N–H and O–H groups in total. The van der Waals surface area contributed by atoms with E-state index >= 15 is 0 Å². The third kappa shape index (κ3) is 2.52. The number of hydrogen-bond acceptors (Lipinski definition) is 4. The summed E-state index contributed by atoms with van der Waals surface area (Å²) in [6, 6.07) is 11.1. The molecule has 2 heterocycles. The van der Waals surface area contributed by atoms with E-state index in [1.807, 2.05) is 6.92 Å². The van der Waals surface area contributed by atoms with E-state index in [2.05, 4.69) is 0 Å². The summed E-state index contributed by atoms with van der Waals surface area (Å²) in [5.41, 5.74) is 1.40. The van der Waals surface area contributed by atoms with Crippen molar-refractivity contribution >= 4 is 50.7 Å². The number of aryl methyl sites for hydroxylation is 1. The zero-order valence-electron chi connectivity index (χ0n) is 16.4. The Balaban J connectivity index is 1.31. The lowest BCUT2D eigenvalue weighted by Gasteiger charge is -2.20. The molecule has 160 valence electrons. The van der Waals surface area contributed by atoms with Crippen molar-refractivity contribution in [3.63, 3.8) is 0 Å². The van der Waals surface area contributed by atoms with E-state index in [4.69, 9.17) is 23.2 Å². The summed E-state index contributed by atoms with van der Waals surface area (Å²) in [6.45, 7) is 1.90. The van der Waals surface area contributed by atoms with E-state index in [-0.39, 0.29) is 45.7 Å². The largest absolute Gasteiger partial charge is 0.274 e. The van der Waals surface area contributed by atoms with Crippen molar-refractivity contribution in [2.24, 2.45) is 23.7 Å². The Kier molecular flexibility index (Phi) is 4.02. The van der Waals surface area contributed by atoms with Crippen LogP contribution in [-0.4, -0.2) is 36.6 Å². The van der Waals surface area contributed by atoms with Crippen molar-refractivity contribution in [3.8, 4) is 0 Å². The monoisotopic (exact) mass is 476 g/mol. The first kappa shape index (κ1) is 19.7. The zero-order chi connectivity index (χ0) is 21.8. The number of anilines is 1. The van der Waals surface area contributed by atoms with Crippen molar-refractivity contribution in [2.45, 2.75) is 30.3 Å². The molecule has 9 heteroatoms. The maximum Gasteiger partial charge on any atom is 0.243 e. The van der Waals surface area contributed by atoms with Crippen molar-refractivity contribution in [3.05, 3.63) is 58.1 Å². The molecule has 1 unspecified atom stereocenters. The number of rotatable bonds is 3. The summed E-state index contributed by atoms with van der Waals surface area (Å²) in [5, 5.41) is 0.626. The van der Waals surface area contributed by atoms with Gasteiger partial charge in [-0.25, -0.2) is 13.3 Å². The van der Waals surface area contributed by atoms with Gasteiger partial charge in [0.05, 0.1) is 32.5 Å². The van der Waals surface area contributed by atoms with Gasteiger partial charge < -0.3 is 0 Å². The van der Waals surface area contributed by atoms with Gasteiger partial charge in [-0.2, -0.15) is 4.31 Å². The number of amides is 2. The molecule has 6 nitrogen and oxygen atoms in total. The maximum atomic E-state index is 13.3. The topological polar surface area (TPSA) is 74.5 Å². The first-order chi connectivity index (χ1) is 14.7. The smallest absolute Gasteiger partial charge is 0.243 e. The fourth-order valence-electron chi connectivity index (χ4n) is 6.09. The number of carbonyl (C=O) groups excluding carboxylic acids is 2. The van der Waals surface area contributed by atoms with Crippen LogP contribution in [-0.2, 0) is 19.6 Å². The van der Waals surface area contributed by atoms with E-state index in [9.17, 15) is 18.0 Å². The van der Waals surface area contributed by atoms with Crippen LogP contribution >= 0.6 is 23.2 Å². The van der Waals surface area contributed by atoms with E-state index < -0.39 is 21.9 Å². The number of piperidine rings is 1. The highest BCUT2D eigenvalue weighted by atomic mass is 35.5. The standard InChI is InChI=1S/C22H18Cl2N2O4S/c1-10-2-5-12(6-3-10)31(29,30)26-19-13-9-14(20(19)26)18-17(13)21(27)25(22(18)28)11-4-7-15(23)16(24)8-11/h2-8,13-14,17-20H,9H2,1H3/t13-,14+,17-,18+,19-,20+,26?. The molecule has 2 aromatic carbocycles. The molecule has 2 bridgehead atoms. The Bertz CT molecular complexity index is 1230. The van der Waals surface area contributed by atoms with Crippen LogP contribution in [0.15, 0.2) is 47.4 Å². The number of fused-ring (bicyclic) bond motifs is 8. The number of carbonyl (C=O) groups is 2. The minimum absolute atomic E-state index is 0.135. The number of hydrogen-bond donors (Lipinski definition) is 0. The Morgan fingerprint density at radius 2 is 1.45 bits per heavy atom. The summed E-state index contributed by atoms with van der Waals surface area (Å²) in [6.07, 6.45) is 0.720. The molecule has 7 atom stereocenters. The molecule has 0 radical (unpaired) electrons. The van der Waals surface area contributed by atoms with Gasteiger partial charge in [0.15, 0.2) is 0 Å². The van der Waals surface area contributed by atoms with Crippen LogP contribution in [0.5, 0.6) is 0 Å². The van der Waals surface area contributed by atoms with Crippen molar-refractivity contribution in [1.82, 2.24) is 4.31 Å². The van der Waals surface area contributed by atoms with Crippen LogP contribution in [0.2, 0.25) is 10.0 Å². The lowest BCUT2D eigenvalue weighted by atomic mass is 9.81. The fraction of sp³-hybridized carbons (Fsp3) is 0.364. The average Bonchev–Trinajstić information content (AvgIpc) is 3.12. The second kappa shape index (κ2) is 6.32. The van der Waals surface area contributed by atoms with Gasteiger partial charge in [-0.15, -0.1) is 0 Å². The fourth-order valence-corrected chi connectivity index (χ4v) is 8.25. The third-order valence-electron chi connectivity index (χ3n) is 7.35. The summed E-state index contributed by atoms with van der Waals surface area (Å²) >= 11 is 12.1. The normalized spacial score (nSPS) is 35.5. The quantitative estimate of drug-likeness (QED) is 0.501. The Hall–Kier alpha value is -1.93. The zero-order valence-corrected chi connectivity index (χ0v) is 18.7.